The number of likely N-dealkylation sites (N-methyl/N-ethyl adjacent to an activating group) is 1. The number of ether oxygens (including phenoxy) is 1. The second kappa shape index (κ2) is 12.7. The van der Waals surface area contributed by atoms with E-state index in [0.717, 1.165) is 45.3 Å². The zero-order valence-corrected chi connectivity index (χ0v) is 17.3. The van der Waals surface area contributed by atoms with Gasteiger partial charge < -0.3 is 25.2 Å². The lowest BCUT2D eigenvalue weighted by Gasteiger charge is -2.21. The lowest BCUT2D eigenvalue weighted by molar-refractivity contribution is 0.0931. The maximum atomic E-state index is 5.82. The maximum Gasteiger partial charge on any atom is 0.191 e. The van der Waals surface area contributed by atoms with E-state index >= 15 is 0 Å². The summed E-state index contributed by atoms with van der Waals surface area (Å²) in [5.41, 5.74) is 1.22. The summed E-state index contributed by atoms with van der Waals surface area (Å²) in [6, 6.07) is 10.3. The molecule has 0 radical (unpaired) electrons. The van der Waals surface area contributed by atoms with Crippen LogP contribution in [0.1, 0.15) is 18.9 Å². The first-order valence-corrected chi connectivity index (χ1v) is 10.1. The Balaban J connectivity index is 1.56. The Morgan fingerprint density at radius 2 is 1.96 bits per heavy atom. The highest BCUT2D eigenvalue weighted by Gasteiger charge is 2.11. The first-order chi connectivity index (χ1) is 13.2. The molecule has 2 N–H and O–H groups in total. The van der Waals surface area contributed by atoms with Crippen LogP contribution in [0.3, 0.4) is 0 Å². The summed E-state index contributed by atoms with van der Waals surface area (Å²) in [7, 11) is 4.03. The Morgan fingerprint density at radius 3 is 2.74 bits per heavy atom. The lowest BCUT2D eigenvalue weighted by atomic mass is 10.2. The van der Waals surface area contributed by atoms with E-state index in [0.29, 0.717) is 12.5 Å². The van der Waals surface area contributed by atoms with E-state index in [4.69, 9.17) is 4.74 Å². The van der Waals surface area contributed by atoms with Crippen molar-refractivity contribution in [2.45, 2.75) is 20.0 Å². The predicted molar refractivity (Wildman–Crippen MR) is 113 cm³/mol. The molecular weight excluding hydrogens is 338 g/mol. The standard InChI is InChI=1S/C21H37N5O/c1-19(17-27-18-20-8-5-4-6-9-20)16-24-21(22-2)23-10-13-26-12-7-11-25(3)14-15-26/h4-6,8-9,19H,7,10-18H2,1-3H3,(H2,22,23,24). The summed E-state index contributed by atoms with van der Waals surface area (Å²) in [5.74, 6) is 1.30. The monoisotopic (exact) mass is 375 g/mol. The third-order valence-corrected chi connectivity index (χ3v) is 4.89. The maximum absolute atomic E-state index is 5.82. The third kappa shape index (κ3) is 9.22. The molecule has 1 unspecified atom stereocenters. The molecule has 1 fully saturated rings. The van der Waals surface area contributed by atoms with Crippen molar-refractivity contribution in [3.05, 3.63) is 35.9 Å². The topological polar surface area (TPSA) is 52.1 Å². The molecule has 0 aromatic heterocycles. The van der Waals surface area contributed by atoms with Gasteiger partial charge in [-0.05, 0) is 38.0 Å². The van der Waals surface area contributed by atoms with Gasteiger partial charge in [0.05, 0.1) is 13.2 Å². The van der Waals surface area contributed by atoms with E-state index in [-0.39, 0.29) is 0 Å². The molecule has 6 nitrogen and oxygen atoms in total. The van der Waals surface area contributed by atoms with Gasteiger partial charge in [-0.25, -0.2) is 0 Å². The highest BCUT2D eigenvalue weighted by molar-refractivity contribution is 5.79. The molecule has 0 saturated carbocycles. The molecule has 1 aromatic carbocycles. The Kier molecular flexibility index (Phi) is 10.2. The van der Waals surface area contributed by atoms with E-state index in [1.165, 1.54) is 25.1 Å². The van der Waals surface area contributed by atoms with Gasteiger partial charge >= 0.3 is 0 Å². The van der Waals surface area contributed by atoms with Crippen molar-refractivity contribution >= 4 is 5.96 Å². The highest BCUT2D eigenvalue weighted by Crippen LogP contribution is 2.03. The molecule has 1 saturated heterocycles. The summed E-state index contributed by atoms with van der Waals surface area (Å²) in [6.45, 7) is 11.1. The SMILES string of the molecule is CN=C(NCCN1CCCN(C)CC1)NCC(C)COCc1ccccc1. The summed E-state index contributed by atoms with van der Waals surface area (Å²) in [6.07, 6.45) is 1.25. The molecule has 1 aromatic rings. The van der Waals surface area contributed by atoms with Crippen LogP contribution in [0, 0.1) is 5.92 Å². The number of hydrogen-bond donors (Lipinski definition) is 2. The van der Waals surface area contributed by atoms with Gasteiger partial charge in [-0.1, -0.05) is 37.3 Å². The van der Waals surface area contributed by atoms with Gasteiger partial charge in [0.25, 0.3) is 0 Å². The van der Waals surface area contributed by atoms with Crippen LogP contribution >= 0.6 is 0 Å². The molecule has 0 aliphatic carbocycles. The van der Waals surface area contributed by atoms with Crippen molar-refractivity contribution in [2.24, 2.45) is 10.9 Å². The van der Waals surface area contributed by atoms with Crippen LogP contribution in [0.25, 0.3) is 0 Å². The average molecular weight is 376 g/mol. The summed E-state index contributed by atoms with van der Waals surface area (Å²) in [4.78, 5) is 9.27. The summed E-state index contributed by atoms with van der Waals surface area (Å²) < 4.78 is 5.82. The second-order valence-electron chi connectivity index (χ2n) is 7.48. The fourth-order valence-electron chi connectivity index (χ4n) is 3.16. The normalized spacial score (nSPS) is 18.1. The number of nitrogens with one attached hydrogen (secondary N) is 2. The molecule has 6 heteroatoms. The van der Waals surface area contributed by atoms with E-state index in [1.807, 2.05) is 25.2 Å². The number of rotatable bonds is 9. The molecule has 1 atom stereocenters. The van der Waals surface area contributed by atoms with Crippen molar-refractivity contribution in [2.75, 3.05) is 66.5 Å². The number of hydrogen-bond acceptors (Lipinski definition) is 4. The predicted octanol–water partition coefficient (Wildman–Crippen LogP) is 1.64. The van der Waals surface area contributed by atoms with Gasteiger partial charge in [-0.2, -0.15) is 0 Å². The molecule has 0 bridgehead atoms. The van der Waals surface area contributed by atoms with Crippen LogP contribution in [0.5, 0.6) is 0 Å². The number of nitrogens with zero attached hydrogens (tertiary/aromatic N) is 3. The minimum Gasteiger partial charge on any atom is -0.376 e. The zero-order valence-electron chi connectivity index (χ0n) is 17.3. The van der Waals surface area contributed by atoms with Gasteiger partial charge in [0.1, 0.15) is 0 Å². The van der Waals surface area contributed by atoms with Gasteiger partial charge in [0.15, 0.2) is 5.96 Å². The van der Waals surface area contributed by atoms with Gasteiger partial charge in [0, 0.05) is 39.8 Å². The number of aliphatic imine (C=N–C) groups is 1. The largest absolute Gasteiger partial charge is 0.376 e. The van der Waals surface area contributed by atoms with E-state index in [2.05, 4.69) is 51.5 Å². The number of guanidine groups is 1. The van der Waals surface area contributed by atoms with Crippen molar-refractivity contribution in [3.63, 3.8) is 0 Å². The first-order valence-electron chi connectivity index (χ1n) is 10.1. The zero-order chi connectivity index (χ0) is 19.3. The molecule has 2 rings (SSSR count). The molecule has 1 heterocycles. The summed E-state index contributed by atoms with van der Waals surface area (Å²) in [5, 5.41) is 6.84. The van der Waals surface area contributed by atoms with Crippen LogP contribution in [0.4, 0.5) is 0 Å². The van der Waals surface area contributed by atoms with Crippen LogP contribution in [0.2, 0.25) is 0 Å². The highest BCUT2D eigenvalue weighted by atomic mass is 16.5. The minimum absolute atomic E-state index is 0.424. The van der Waals surface area contributed by atoms with Crippen molar-refractivity contribution in [3.8, 4) is 0 Å². The van der Waals surface area contributed by atoms with Crippen molar-refractivity contribution < 1.29 is 4.74 Å². The Hall–Kier alpha value is -1.63. The van der Waals surface area contributed by atoms with Crippen molar-refractivity contribution in [1.82, 2.24) is 20.4 Å². The fraction of sp³-hybridized carbons (Fsp3) is 0.667. The molecule has 1 aliphatic rings. The molecular formula is C21H37N5O. The Labute approximate surface area is 165 Å². The first kappa shape index (κ1) is 21.7. The second-order valence-corrected chi connectivity index (χ2v) is 7.48. The molecule has 0 amide bonds. The Bertz CT molecular complexity index is 537. The summed E-state index contributed by atoms with van der Waals surface area (Å²) >= 11 is 0. The Morgan fingerprint density at radius 1 is 1.15 bits per heavy atom. The lowest BCUT2D eigenvalue weighted by Crippen LogP contribution is -2.43. The van der Waals surface area contributed by atoms with Gasteiger partial charge in [-0.15, -0.1) is 0 Å². The molecule has 0 spiro atoms. The smallest absolute Gasteiger partial charge is 0.191 e. The third-order valence-electron chi connectivity index (χ3n) is 4.89. The molecule has 1 aliphatic heterocycles. The van der Waals surface area contributed by atoms with Crippen LogP contribution in [0.15, 0.2) is 35.3 Å². The number of benzene rings is 1. The van der Waals surface area contributed by atoms with E-state index in [1.54, 1.807) is 0 Å². The van der Waals surface area contributed by atoms with Crippen LogP contribution in [-0.2, 0) is 11.3 Å². The quantitative estimate of drug-likeness (QED) is 0.508. The van der Waals surface area contributed by atoms with E-state index in [9.17, 15) is 0 Å². The van der Waals surface area contributed by atoms with Crippen LogP contribution < -0.4 is 10.6 Å². The average Bonchev–Trinajstić information content (AvgIpc) is 2.89. The molecule has 27 heavy (non-hydrogen) atoms. The van der Waals surface area contributed by atoms with Gasteiger partial charge in [-0.3, -0.25) is 4.99 Å². The van der Waals surface area contributed by atoms with Gasteiger partial charge in [0.2, 0.25) is 0 Å². The van der Waals surface area contributed by atoms with Crippen LogP contribution in [-0.4, -0.2) is 82.3 Å². The van der Waals surface area contributed by atoms with E-state index < -0.39 is 0 Å². The fourth-order valence-corrected chi connectivity index (χ4v) is 3.16. The minimum atomic E-state index is 0.424. The molecule has 152 valence electrons. The van der Waals surface area contributed by atoms with Crippen molar-refractivity contribution in [1.29, 1.82) is 0 Å².